The molecule has 0 aliphatic carbocycles. The standard InChI is InChI=1S/C11H12F3NO2/c12-11(13,14)10-8(2-1-3-9(10)17)15-5-4-7(16)6-15/h1-3,7,16-17H,4-6H2. The maximum Gasteiger partial charge on any atom is 0.421 e. The van der Waals surface area contributed by atoms with Crippen molar-refractivity contribution in [3.05, 3.63) is 23.8 Å². The van der Waals surface area contributed by atoms with Gasteiger partial charge in [-0.2, -0.15) is 13.2 Å². The summed E-state index contributed by atoms with van der Waals surface area (Å²) in [4.78, 5) is 1.44. The predicted octanol–water partition coefficient (Wildman–Crippen LogP) is 1.98. The number of phenolic OH excluding ortho intramolecular Hbond substituents is 1. The van der Waals surface area contributed by atoms with E-state index in [0.29, 0.717) is 13.0 Å². The molecule has 1 aromatic rings. The molecule has 2 N–H and O–H groups in total. The van der Waals surface area contributed by atoms with Crippen LogP contribution >= 0.6 is 0 Å². The average molecular weight is 247 g/mol. The summed E-state index contributed by atoms with van der Waals surface area (Å²) in [5, 5.41) is 18.7. The number of hydrogen-bond donors (Lipinski definition) is 2. The number of aliphatic hydroxyl groups is 1. The van der Waals surface area contributed by atoms with Crippen molar-refractivity contribution in [2.75, 3.05) is 18.0 Å². The number of phenols is 1. The number of aliphatic hydroxyl groups excluding tert-OH is 1. The van der Waals surface area contributed by atoms with Gasteiger partial charge in [-0.15, -0.1) is 0 Å². The third-order valence-electron chi connectivity index (χ3n) is 2.81. The Bertz CT molecular complexity index is 420. The lowest BCUT2D eigenvalue weighted by molar-refractivity contribution is -0.138. The minimum Gasteiger partial charge on any atom is -0.507 e. The van der Waals surface area contributed by atoms with E-state index >= 15 is 0 Å². The summed E-state index contributed by atoms with van der Waals surface area (Å²) in [6, 6.07) is 3.68. The molecule has 1 heterocycles. The maximum atomic E-state index is 12.8. The van der Waals surface area contributed by atoms with Crippen LogP contribution in [0.25, 0.3) is 0 Å². The number of rotatable bonds is 1. The third kappa shape index (κ3) is 2.31. The zero-order valence-electron chi connectivity index (χ0n) is 8.91. The molecule has 0 spiro atoms. The summed E-state index contributed by atoms with van der Waals surface area (Å²) in [5.41, 5.74) is -1.11. The maximum absolute atomic E-state index is 12.8. The number of hydrogen-bond acceptors (Lipinski definition) is 3. The molecule has 2 rings (SSSR count). The second-order valence-electron chi connectivity index (χ2n) is 4.06. The number of anilines is 1. The highest BCUT2D eigenvalue weighted by molar-refractivity contribution is 5.61. The Balaban J connectivity index is 2.43. The Morgan fingerprint density at radius 2 is 2.00 bits per heavy atom. The van der Waals surface area contributed by atoms with Gasteiger partial charge in [0.15, 0.2) is 0 Å². The molecule has 1 fully saturated rings. The van der Waals surface area contributed by atoms with Crippen LogP contribution in [0.15, 0.2) is 18.2 Å². The van der Waals surface area contributed by atoms with E-state index in [0.717, 1.165) is 6.07 Å². The fourth-order valence-corrected chi connectivity index (χ4v) is 2.04. The van der Waals surface area contributed by atoms with Crippen LogP contribution in [0.5, 0.6) is 5.75 Å². The Labute approximate surface area is 96.1 Å². The molecule has 94 valence electrons. The van der Waals surface area contributed by atoms with Crippen LogP contribution < -0.4 is 4.90 Å². The van der Waals surface area contributed by atoms with E-state index in [2.05, 4.69) is 0 Å². The second-order valence-corrected chi connectivity index (χ2v) is 4.06. The van der Waals surface area contributed by atoms with Gasteiger partial charge in [0.05, 0.1) is 11.8 Å². The van der Waals surface area contributed by atoms with Gasteiger partial charge in [0.1, 0.15) is 11.3 Å². The van der Waals surface area contributed by atoms with Gasteiger partial charge in [0, 0.05) is 13.1 Å². The van der Waals surface area contributed by atoms with E-state index in [1.54, 1.807) is 0 Å². The lowest BCUT2D eigenvalue weighted by Gasteiger charge is -2.23. The van der Waals surface area contributed by atoms with Gasteiger partial charge in [0.25, 0.3) is 0 Å². The Hall–Kier alpha value is -1.43. The van der Waals surface area contributed by atoms with Crippen LogP contribution in [-0.4, -0.2) is 29.4 Å². The van der Waals surface area contributed by atoms with Crippen LogP contribution in [0.4, 0.5) is 18.9 Å². The highest BCUT2D eigenvalue weighted by Crippen LogP contribution is 2.42. The minimum atomic E-state index is -4.60. The molecule has 0 aromatic heterocycles. The van der Waals surface area contributed by atoms with E-state index in [9.17, 15) is 23.4 Å². The first kappa shape index (κ1) is 12.0. The number of aromatic hydroxyl groups is 1. The summed E-state index contributed by atoms with van der Waals surface area (Å²) in [6.45, 7) is 0.514. The van der Waals surface area contributed by atoms with Crippen LogP contribution in [0.1, 0.15) is 12.0 Å². The molecule has 6 heteroatoms. The number of benzene rings is 1. The Morgan fingerprint density at radius 3 is 2.53 bits per heavy atom. The van der Waals surface area contributed by atoms with Crippen molar-refractivity contribution in [3.8, 4) is 5.75 Å². The minimum absolute atomic E-state index is 0.0750. The first-order chi connectivity index (χ1) is 7.89. The zero-order chi connectivity index (χ0) is 12.6. The molecule has 1 aromatic carbocycles. The largest absolute Gasteiger partial charge is 0.507 e. The van der Waals surface area contributed by atoms with Gasteiger partial charge in [-0.05, 0) is 18.6 Å². The van der Waals surface area contributed by atoms with Crippen molar-refractivity contribution in [3.63, 3.8) is 0 Å². The molecule has 1 unspecified atom stereocenters. The quantitative estimate of drug-likeness (QED) is 0.797. The predicted molar refractivity (Wildman–Crippen MR) is 55.9 cm³/mol. The van der Waals surface area contributed by atoms with Crippen LogP contribution in [0, 0.1) is 0 Å². The number of β-amino-alcohol motifs (C(OH)–C–C–N with tert-alkyl or cyclic N) is 1. The van der Waals surface area contributed by atoms with Crippen LogP contribution in [-0.2, 0) is 6.18 Å². The van der Waals surface area contributed by atoms with Crippen molar-refractivity contribution in [1.82, 2.24) is 0 Å². The monoisotopic (exact) mass is 247 g/mol. The molecule has 0 saturated carbocycles. The summed E-state index contributed by atoms with van der Waals surface area (Å²) < 4.78 is 38.4. The van der Waals surface area contributed by atoms with E-state index in [1.807, 2.05) is 0 Å². The van der Waals surface area contributed by atoms with Gasteiger partial charge in [-0.1, -0.05) is 6.07 Å². The summed E-state index contributed by atoms with van der Waals surface area (Å²) in [5.74, 6) is -0.781. The zero-order valence-corrected chi connectivity index (χ0v) is 8.91. The van der Waals surface area contributed by atoms with Gasteiger partial charge < -0.3 is 15.1 Å². The second kappa shape index (κ2) is 4.10. The van der Waals surface area contributed by atoms with E-state index in [-0.39, 0.29) is 12.2 Å². The Morgan fingerprint density at radius 1 is 1.29 bits per heavy atom. The Kier molecular flexibility index (Phi) is 2.91. The van der Waals surface area contributed by atoms with E-state index in [4.69, 9.17) is 0 Å². The highest BCUT2D eigenvalue weighted by Gasteiger charge is 2.39. The fraction of sp³-hybridized carbons (Fsp3) is 0.455. The number of halogens is 3. The lowest BCUT2D eigenvalue weighted by Crippen LogP contribution is -2.24. The van der Waals surface area contributed by atoms with Crippen molar-refractivity contribution < 1.29 is 23.4 Å². The van der Waals surface area contributed by atoms with Gasteiger partial charge >= 0.3 is 6.18 Å². The summed E-state index contributed by atoms with van der Waals surface area (Å²) >= 11 is 0. The SMILES string of the molecule is Oc1cccc(N2CCC(O)C2)c1C(F)(F)F. The molecule has 3 nitrogen and oxygen atoms in total. The molecule has 17 heavy (non-hydrogen) atoms. The fourth-order valence-electron chi connectivity index (χ4n) is 2.04. The molecule has 0 bridgehead atoms. The molecule has 0 radical (unpaired) electrons. The van der Waals surface area contributed by atoms with Crippen LogP contribution in [0.3, 0.4) is 0 Å². The van der Waals surface area contributed by atoms with Gasteiger partial charge in [0.2, 0.25) is 0 Å². The van der Waals surface area contributed by atoms with Crippen molar-refractivity contribution in [2.45, 2.75) is 18.7 Å². The van der Waals surface area contributed by atoms with E-state index < -0.39 is 23.6 Å². The van der Waals surface area contributed by atoms with Gasteiger partial charge in [-0.3, -0.25) is 0 Å². The van der Waals surface area contributed by atoms with Crippen molar-refractivity contribution >= 4 is 5.69 Å². The highest BCUT2D eigenvalue weighted by atomic mass is 19.4. The molecular weight excluding hydrogens is 235 g/mol. The molecule has 1 saturated heterocycles. The third-order valence-corrected chi connectivity index (χ3v) is 2.81. The molecule has 1 atom stereocenters. The number of alkyl halides is 3. The molecule has 1 aliphatic heterocycles. The van der Waals surface area contributed by atoms with Crippen molar-refractivity contribution in [1.29, 1.82) is 0 Å². The van der Waals surface area contributed by atoms with Crippen molar-refractivity contribution in [2.24, 2.45) is 0 Å². The average Bonchev–Trinajstić information content (AvgIpc) is 2.62. The smallest absolute Gasteiger partial charge is 0.421 e. The molecule has 0 amide bonds. The van der Waals surface area contributed by atoms with Crippen LogP contribution in [0.2, 0.25) is 0 Å². The number of nitrogens with zero attached hydrogens (tertiary/aromatic N) is 1. The molecule has 1 aliphatic rings. The summed E-state index contributed by atoms with van der Waals surface area (Å²) in [7, 11) is 0. The molecular formula is C11H12F3NO2. The van der Waals surface area contributed by atoms with E-state index in [1.165, 1.54) is 17.0 Å². The van der Waals surface area contributed by atoms with Gasteiger partial charge in [-0.25, -0.2) is 0 Å². The topological polar surface area (TPSA) is 43.7 Å². The lowest BCUT2D eigenvalue weighted by atomic mass is 10.1. The summed E-state index contributed by atoms with van der Waals surface area (Å²) in [6.07, 6.45) is -4.78. The normalized spacial score (nSPS) is 20.9. The first-order valence-corrected chi connectivity index (χ1v) is 5.22. The first-order valence-electron chi connectivity index (χ1n) is 5.22.